The number of amides is 1. The second kappa shape index (κ2) is 7.90. The molecule has 2 aromatic heterocycles. The molecule has 0 saturated heterocycles. The van der Waals surface area contributed by atoms with Crippen LogP contribution >= 0.6 is 15.9 Å². The van der Waals surface area contributed by atoms with E-state index in [0.29, 0.717) is 12.2 Å². The van der Waals surface area contributed by atoms with Crippen LogP contribution < -0.4 is 10.6 Å². The summed E-state index contributed by atoms with van der Waals surface area (Å²) in [7, 11) is 0. The smallest absolute Gasteiger partial charge is 0.274 e. The Hall–Kier alpha value is -2.73. The molecule has 25 heavy (non-hydrogen) atoms. The average Bonchev–Trinajstić information content (AvgIpc) is 2.63. The monoisotopic (exact) mass is 396 g/mol. The fourth-order valence-corrected chi connectivity index (χ4v) is 2.83. The number of anilines is 2. The summed E-state index contributed by atoms with van der Waals surface area (Å²) in [6.45, 7) is 2.60. The van der Waals surface area contributed by atoms with Gasteiger partial charge in [-0.3, -0.25) is 9.78 Å². The first kappa shape index (κ1) is 17.1. The largest absolute Gasteiger partial charge is 0.378 e. The molecular weight excluding hydrogens is 380 g/mol. The lowest BCUT2D eigenvalue weighted by atomic mass is 10.2. The minimum absolute atomic E-state index is 0.249. The van der Waals surface area contributed by atoms with Gasteiger partial charge in [0.1, 0.15) is 5.69 Å². The Kier molecular flexibility index (Phi) is 5.40. The molecule has 126 valence electrons. The van der Waals surface area contributed by atoms with Crippen molar-refractivity contribution in [3.63, 3.8) is 0 Å². The topological polar surface area (TPSA) is 66.9 Å². The maximum atomic E-state index is 12.3. The number of pyridine rings is 2. The molecule has 6 heteroatoms. The number of carbonyl (C=O) groups excluding carboxylic acids is 1. The molecule has 0 saturated carbocycles. The van der Waals surface area contributed by atoms with Gasteiger partial charge in [-0.15, -0.1) is 0 Å². The van der Waals surface area contributed by atoms with E-state index in [4.69, 9.17) is 0 Å². The van der Waals surface area contributed by atoms with E-state index in [1.54, 1.807) is 18.5 Å². The van der Waals surface area contributed by atoms with Crippen molar-refractivity contribution in [2.24, 2.45) is 0 Å². The summed E-state index contributed by atoms with van der Waals surface area (Å²) in [6.07, 6.45) is 3.40. The zero-order valence-electron chi connectivity index (χ0n) is 13.7. The van der Waals surface area contributed by atoms with E-state index in [2.05, 4.69) is 36.5 Å². The van der Waals surface area contributed by atoms with Gasteiger partial charge in [-0.2, -0.15) is 0 Å². The minimum Gasteiger partial charge on any atom is -0.378 e. The van der Waals surface area contributed by atoms with Crippen molar-refractivity contribution in [3.05, 3.63) is 82.3 Å². The van der Waals surface area contributed by atoms with E-state index in [9.17, 15) is 4.79 Å². The van der Waals surface area contributed by atoms with Crippen LogP contribution in [0.4, 0.5) is 11.4 Å². The van der Waals surface area contributed by atoms with E-state index >= 15 is 0 Å². The maximum Gasteiger partial charge on any atom is 0.274 e. The fraction of sp³-hybridized carbons (Fsp3) is 0.105. The van der Waals surface area contributed by atoms with Gasteiger partial charge in [0.25, 0.3) is 5.91 Å². The van der Waals surface area contributed by atoms with Gasteiger partial charge in [0.15, 0.2) is 0 Å². The van der Waals surface area contributed by atoms with Crippen molar-refractivity contribution < 1.29 is 4.79 Å². The highest BCUT2D eigenvalue weighted by Crippen LogP contribution is 2.23. The third-order valence-electron chi connectivity index (χ3n) is 3.57. The highest BCUT2D eigenvalue weighted by Gasteiger charge is 2.10. The number of aryl methyl sites for hydroxylation is 1. The average molecular weight is 397 g/mol. The molecule has 0 spiro atoms. The third kappa shape index (κ3) is 4.64. The van der Waals surface area contributed by atoms with Gasteiger partial charge < -0.3 is 10.6 Å². The van der Waals surface area contributed by atoms with Gasteiger partial charge in [0.2, 0.25) is 0 Å². The molecule has 0 atom stereocenters. The molecule has 0 aliphatic carbocycles. The predicted molar refractivity (Wildman–Crippen MR) is 103 cm³/mol. The number of benzene rings is 1. The summed E-state index contributed by atoms with van der Waals surface area (Å²) >= 11 is 3.45. The number of hydrogen-bond acceptors (Lipinski definition) is 4. The molecule has 0 aliphatic rings. The first-order valence-corrected chi connectivity index (χ1v) is 8.58. The number of aromatic nitrogens is 2. The molecule has 0 aliphatic heterocycles. The summed E-state index contributed by atoms with van der Waals surface area (Å²) in [5, 5.41) is 6.08. The number of nitrogens with one attached hydrogen (secondary N) is 2. The first-order chi connectivity index (χ1) is 12.1. The summed E-state index contributed by atoms with van der Waals surface area (Å²) in [5.74, 6) is -0.249. The molecule has 1 aromatic carbocycles. The maximum absolute atomic E-state index is 12.3. The Labute approximate surface area is 154 Å². The molecule has 2 N–H and O–H groups in total. The van der Waals surface area contributed by atoms with Crippen LogP contribution in [0.25, 0.3) is 0 Å². The summed E-state index contributed by atoms with van der Waals surface area (Å²) in [4.78, 5) is 20.8. The Morgan fingerprint density at radius 2 is 2.00 bits per heavy atom. The van der Waals surface area contributed by atoms with Gasteiger partial charge in [-0.1, -0.05) is 12.1 Å². The van der Waals surface area contributed by atoms with E-state index in [-0.39, 0.29) is 5.91 Å². The van der Waals surface area contributed by atoms with E-state index in [1.165, 1.54) is 0 Å². The standard InChI is InChI=1S/C19H17BrN4O/c1-13-5-7-17(16(20)10-13)24-19(25)18-8-6-15(12-23-18)22-11-14-4-2-3-9-21-14/h2-10,12,22H,11H2,1H3,(H,24,25). The molecule has 3 rings (SSSR count). The van der Waals surface area contributed by atoms with Crippen LogP contribution in [0, 0.1) is 6.92 Å². The van der Waals surface area contributed by atoms with Gasteiger partial charge in [0.05, 0.1) is 29.8 Å². The van der Waals surface area contributed by atoms with Gasteiger partial charge >= 0.3 is 0 Å². The van der Waals surface area contributed by atoms with Gasteiger partial charge in [-0.25, -0.2) is 4.98 Å². The van der Waals surface area contributed by atoms with Crippen LogP contribution in [-0.4, -0.2) is 15.9 Å². The Balaban J connectivity index is 1.62. The molecule has 0 bridgehead atoms. The number of nitrogens with zero attached hydrogens (tertiary/aromatic N) is 2. The van der Waals surface area contributed by atoms with E-state index < -0.39 is 0 Å². The van der Waals surface area contributed by atoms with Crippen molar-refractivity contribution in [1.29, 1.82) is 0 Å². The molecule has 0 fully saturated rings. The number of halogens is 1. The summed E-state index contributed by atoms with van der Waals surface area (Å²) in [6, 6.07) is 15.0. The second-order valence-electron chi connectivity index (χ2n) is 5.54. The minimum atomic E-state index is -0.249. The van der Waals surface area contributed by atoms with Crippen LogP contribution in [0.2, 0.25) is 0 Å². The second-order valence-corrected chi connectivity index (χ2v) is 6.40. The van der Waals surface area contributed by atoms with Crippen LogP contribution in [0.5, 0.6) is 0 Å². The van der Waals surface area contributed by atoms with E-state index in [1.807, 2.05) is 49.4 Å². The van der Waals surface area contributed by atoms with Crippen molar-refractivity contribution in [2.45, 2.75) is 13.5 Å². The molecule has 3 aromatic rings. The van der Waals surface area contributed by atoms with Crippen LogP contribution in [0.1, 0.15) is 21.7 Å². The molecular formula is C19H17BrN4O. The predicted octanol–water partition coefficient (Wildman–Crippen LogP) is 4.41. The zero-order chi connectivity index (χ0) is 17.6. The Morgan fingerprint density at radius 1 is 1.12 bits per heavy atom. The third-order valence-corrected chi connectivity index (χ3v) is 4.22. The summed E-state index contributed by atoms with van der Waals surface area (Å²) < 4.78 is 0.842. The molecule has 0 unspecified atom stereocenters. The molecule has 5 nitrogen and oxygen atoms in total. The van der Waals surface area contributed by atoms with Gasteiger partial charge in [0, 0.05) is 10.7 Å². The molecule has 1 amide bonds. The Morgan fingerprint density at radius 3 is 2.68 bits per heavy atom. The number of carbonyl (C=O) groups is 1. The van der Waals surface area contributed by atoms with Crippen molar-refractivity contribution in [3.8, 4) is 0 Å². The fourth-order valence-electron chi connectivity index (χ4n) is 2.24. The lowest BCUT2D eigenvalue weighted by Gasteiger charge is -2.09. The van der Waals surface area contributed by atoms with Crippen molar-refractivity contribution in [2.75, 3.05) is 10.6 Å². The van der Waals surface area contributed by atoms with Crippen molar-refractivity contribution in [1.82, 2.24) is 9.97 Å². The zero-order valence-corrected chi connectivity index (χ0v) is 15.2. The number of rotatable bonds is 5. The lowest BCUT2D eigenvalue weighted by Crippen LogP contribution is -2.14. The van der Waals surface area contributed by atoms with Crippen LogP contribution in [-0.2, 0) is 6.54 Å². The van der Waals surface area contributed by atoms with Crippen molar-refractivity contribution >= 4 is 33.2 Å². The SMILES string of the molecule is Cc1ccc(NC(=O)c2ccc(NCc3ccccn3)cn2)c(Br)c1. The molecule has 0 radical (unpaired) electrons. The number of hydrogen-bond donors (Lipinski definition) is 2. The Bertz CT molecular complexity index is 866. The first-order valence-electron chi connectivity index (χ1n) is 7.79. The lowest BCUT2D eigenvalue weighted by molar-refractivity contribution is 0.102. The van der Waals surface area contributed by atoms with E-state index in [0.717, 1.165) is 27.1 Å². The summed E-state index contributed by atoms with van der Waals surface area (Å²) in [5.41, 5.74) is 3.96. The van der Waals surface area contributed by atoms with Gasteiger partial charge in [-0.05, 0) is 64.8 Å². The highest BCUT2D eigenvalue weighted by molar-refractivity contribution is 9.10. The van der Waals surface area contributed by atoms with Crippen LogP contribution in [0.3, 0.4) is 0 Å². The quantitative estimate of drug-likeness (QED) is 0.669. The normalized spacial score (nSPS) is 10.3. The van der Waals surface area contributed by atoms with Crippen LogP contribution in [0.15, 0.2) is 65.4 Å². The molecule has 2 heterocycles. The highest BCUT2D eigenvalue weighted by atomic mass is 79.9.